The topological polar surface area (TPSA) is 58.6 Å². The van der Waals surface area contributed by atoms with Gasteiger partial charge in [0.15, 0.2) is 6.04 Å². The molecule has 0 fully saturated rings. The zero-order chi connectivity index (χ0) is 22.1. The molecular formula is C27H24N2O3. The lowest BCUT2D eigenvalue weighted by molar-refractivity contribution is -0.143. The van der Waals surface area contributed by atoms with Crippen LogP contribution in [0.15, 0.2) is 78.9 Å². The number of carbonyl (C=O) groups excluding carboxylic acids is 2. The molecule has 2 aliphatic rings. The van der Waals surface area contributed by atoms with Crippen LogP contribution in [0.1, 0.15) is 34.7 Å². The zero-order valence-corrected chi connectivity index (χ0v) is 17.8. The van der Waals surface area contributed by atoms with Gasteiger partial charge in [-0.2, -0.15) is 0 Å². The van der Waals surface area contributed by atoms with Crippen LogP contribution < -0.4 is 10.2 Å². The summed E-state index contributed by atoms with van der Waals surface area (Å²) < 4.78 is 4.99. The molecule has 0 aromatic heterocycles. The molecule has 0 saturated carbocycles. The average Bonchev–Trinajstić information content (AvgIpc) is 2.85. The lowest BCUT2D eigenvalue weighted by Gasteiger charge is -2.41. The molecule has 5 rings (SSSR count). The third-order valence-corrected chi connectivity index (χ3v) is 6.25. The van der Waals surface area contributed by atoms with Crippen molar-refractivity contribution in [3.8, 4) is 0 Å². The van der Waals surface area contributed by atoms with Crippen molar-refractivity contribution in [1.29, 1.82) is 0 Å². The fourth-order valence-corrected chi connectivity index (χ4v) is 4.74. The number of hydrogen-bond donors (Lipinski definition) is 1. The van der Waals surface area contributed by atoms with Crippen molar-refractivity contribution in [2.24, 2.45) is 0 Å². The quantitative estimate of drug-likeness (QED) is 0.603. The van der Waals surface area contributed by atoms with Gasteiger partial charge in [0.2, 0.25) is 0 Å². The average molecular weight is 425 g/mol. The molecule has 2 amide bonds. The molecule has 2 unspecified atom stereocenters. The summed E-state index contributed by atoms with van der Waals surface area (Å²) in [7, 11) is 1.33. The fraction of sp³-hybridized carbons (Fsp3) is 0.185. The number of ether oxygens (including phenoxy) is 1. The molecule has 1 heterocycles. The maximum atomic E-state index is 13.7. The number of amides is 2. The molecule has 5 nitrogen and oxygen atoms in total. The van der Waals surface area contributed by atoms with Gasteiger partial charge in [-0.3, -0.25) is 4.90 Å². The van der Waals surface area contributed by atoms with Crippen LogP contribution in [0, 0.1) is 0 Å². The summed E-state index contributed by atoms with van der Waals surface area (Å²) >= 11 is 0. The number of nitrogens with zero attached hydrogens (tertiary/aromatic N) is 1. The van der Waals surface area contributed by atoms with E-state index in [4.69, 9.17) is 4.74 Å². The molecule has 3 aromatic rings. The molecule has 0 spiro atoms. The molecule has 1 aliphatic carbocycles. The predicted octanol–water partition coefficient (Wildman–Crippen LogP) is 4.99. The van der Waals surface area contributed by atoms with E-state index in [2.05, 4.69) is 29.6 Å². The second kappa shape index (κ2) is 8.35. The lowest BCUT2D eigenvalue weighted by Crippen LogP contribution is -2.51. The molecule has 32 heavy (non-hydrogen) atoms. The van der Waals surface area contributed by atoms with Crippen molar-refractivity contribution in [3.63, 3.8) is 0 Å². The summed E-state index contributed by atoms with van der Waals surface area (Å²) in [6.45, 7) is 0. The molecule has 1 aliphatic heterocycles. The van der Waals surface area contributed by atoms with Crippen LogP contribution in [0.3, 0.4) is 0 Å². The third-order valence-electron chi connectivity index (χ3n) is 6.25. The summed E-state index contributed by atoms with van der Waals surface area (Å²) in [4.78, 5) is 28.1. The SMILES string of the molecule is COC(=O)C(NC(=O)N1c2ccccc2C=C2c3ccccc3CCC21)c1ccccc1. The van der Waals surface area contributed by atoms with Gasteiger partial charge >= 0.3 is 12.0 Å². The van der Waals surface area contributed by atoms with Gasteiger partial charge in [-0.15, -0.1) is 0 Å². The van der Waals surface area contributed by atoms with Gasteiger partial charge in [0.05, 0.1) is 18.8 Å². The zero-order valence-electron chi connectivity index (χ0n) is 17.8. The number of methoxy groups -OCH3 is 1. The molecular weight excluding hydrogens is 400 g/mol. The first kappa shape index (κ1) is 20.1. The fourth-order valence-electron chi connectivity index (χ4n) is 4.74. The van der Waals surface area contributed by atoms with Gasteiger partial charge in [0.1, 0.15) is 0 Å². The van der Waals surface area contributed by atoms with E-state index in [9.17, 15) is 9.59 Å². The van der Waals surface area contributed by atoms with Gasteiger partial charge < -0.3 is 10.1 Å². The first-order valence-electron chi connectivity index (χ1n) is 10.8. The van der Waals surface area contributed by atoms with E-state index < -0.39 is 12.0 Å². The van der Waals surface area contributed by atoms with E-state index in [0.717, 1.165) is 29.7 Å². The number of hydrogen-bond acceptors (Lipinski definition) is 3. The van der Waals surface area contributed by atoms with E-state index in [1.54, 1.807) is 4.90 Å². The molecule has 1 N–H and O–H groups in total. The number of aryl methyl sites for hydroxylation is 1. The van der Waals surface area contributed by atoms with Crippen LogP contribution in [-0.2, 0) is 16.0 Å². The van der Waals surface area contributed by atoms with Crippen LogP contribution in [0.5, 0.6) is 0 Å². The summed E-state index contributed by atoms with van der Waals surface area (Å²) in [6, 6.07) is 24.1. The van der Waals surface area contributed by atoms with E-state index >= 15 is 0 Å². The summed E-state index contributed by atoms with van der Waals surface area (Å²) in [5.41, 5.74) is 6.13. The Hall–Kier alpha value is -3.86. The summed E-state index contributed by atoms with van der Waals surface area (Å²) in [6.07, 6.45) is 3.90. The van der Waals surface area contributed by atoms with Crippen molar-refractivity contribution < 1.29 is 14.3 Å². The standard InChI is InChI=1S/C27H24N2O3/c1-32-26(30)25(19-10-3-2-4-11-19)28-27(31)29-23-14-8-6-12-20(23)17-22-21-13-7-5-9-18(21)15-16-24(22)29/h2-14,17,24-25H,15-16H2,1H3,(H,28,31). The smallest absolute Gasteiger partial charge is 0.333 e. The number of fused-ring (bicyclic) bond motifs is 4. The molecule has 5 heteroatoms. The molecule has 3 aromatic carbocycles. The van der Waals surface area contributed by atoms with E-state index in [-0.39, 0.29) is 12.1 Å². The Morgan fingerprint density at radius 1 is 0.969 bits per heavy atom. The largest absolute Gasteiger partial charge is 0.467 e. The van der Waals surface area contributed by atoms with Crippen LogP contribution >= 0.6 is 0 Å². The minimum Gasteiger partial charge on any atom is -0.467 e. The molecule has 0 bridgehead atoms. The molecule has 0 saturated heterocycles. The lowest BCUT2D eigenvalue weighted by atomic mass is 9.80. The number of anilines is 1. The maximum Gasteiger partial charge on any atom is 0.333 e. The normalized spacial score (nSPS) is 17.2. The number of esters is 1. The summed E-state index contributed by atoms with van der Waals surface area (Å²) in [5, 5.41) is 2.94. The second-order valence-corrected chi connectivity index (χ2v) is 8.06. The highest BCUT2D eigenvalue weighted by molar-refractivity contribution is 6.05. The second-order valence-electron chi connectivity index (χ2n) is 8.06. The van der Waals surface area contributed by atoms with Gasteiger partial charge in [0.25, 0.3) is 0 Å². The third kappa shape index (κ3) is 3.46. The molecule has 160 valence electrons. The van der Waals surface area contributed by atoms with E-state index in [0.29, 0.717) is 5.56 Å². The number of nitrogens with one attached hydrogen (secondary N) is 1. The van der Waals surface area contributed by atoms with Crippen LogP contribution in [0.4, 0.5) is 10.5 Å². The van der Waals surface area contributed by atoms with Crippen LogP contribution in [-0.4, -0.2) is 25.2 Å². The first-order chi connectivity index (χ1) is 15.7. The number of benzene rings is 3. The first-order valence-corrected chi connectivity index (χ1v) is 10.8. The molecule has 0 radical (unpaired) electrons. The highest BCUT2D eigenvalue weighted by atomic mass is 16.5. The Bertz CT molecular complexity index is 1200. The van der Waals surface area contributed by atoms with E-state index in [1.165, 1.54) is 18.2 Å². The Morgan fingerprint density at radius 2 is 1.69 bits per heavy atom. The number of urea groups is 1. The van der Waals surface area contributed by atoms with Crippen molar-refractivity contribution in [2.45, 2.75) is 24.9 Å². The Morgan fingerprint density at radius 3 is 2.50 bits per heavy atom. The van der Waals surface area contributed by atoms with Crippen molar-refractivity contribution in [1.82, 2.24) is 5.32 Å². The number of para-hydroxylation sites is 1. The van der Waals surface area contributed by atoms with Crippen molar-refractivity contribution in [3.05, 3.63) is 101 Å². The minimum atomic E-state index is -0.883. The van der Waals surface area contributed by atoms with Gasteiger partial charge in [-0.25, -0.2) is 9.59 Å². The Balaban J connectivity index is 1.54. The monoisotopic (exact) mass is 424 g/mol. The Kier molecular flexibility index (Phi) is 5.23. The van der Waals surface area contributed by atoms with Crippen molar-refractivity contribution >= 4 is 29.3 Å². The highest BCUT2D eigenvalue weighted by Crippen LogP contribution is 2.42. The van der Waals surface area contributed by atoms with Gasteiger partial charge in [-0.05, 0) is 52.8 Å². The summed E-state index contributed by atoms with van der Waals surface area (Å²) in [5.74, 6) is -0.500. The number of carbonyl (C=O) groups is 2. The minimum absolute atomic E-state index is 0.103. The maximum absolute atomic E-state index is 13.7. The van der Waals surface area contributed by atoms with Crippen molar-refractivity contribution in [2.75, 3.05) is 12.0 Å². The Labute approximate surface area is 187 Å². The highest BCUT2D eigenvalue weighted by Gasteiger charge is 2.38. The van der Waals surface area contributed by atoms with Gasteiger partial charge in [0, 0.05) is 0 Å². The number of rotatable bonds is 3. The van der Waals surface area contributed by atoms with Crippen LogP contribution in [0.2, 0.25) is 0 Å². The van der Waals surface area contributed by atoms with Gasteiger partial charge in [-0.1, -0.05) is 72.8 Å². The predicted molar refractivity (Wildman–Crippen MR) is 125 cm³/mol. The van der Waals surface area contributed by atoms with Crippen LogP contribution in [0.25, 0.3) is 11.6 Å². The molecule has 2 atom stereocenters. The van der Waals surface area contributed by atoms with E-state index in [1.807, 2.05) is 60.7 Å².